The molecule has 7 N–H and O–H groups in total. The van der Waals surface area contributed by atoms with Crippen LogP contribution < -0.4 is 9.47 Å². The Morgan fingerprint density at radius 2 is 1.79 bits per heavy atom. The van der Waals surface area contributed by atoms with E-state index in [9.17, 15) is 40.2 Å². The van der Waals surface area contributed by atoms with Crippen molar-refractivity contribution in [1.82, 2.24) is 0 Å². The van der Waals surface area contributed by atoms with Crippen LogP contribution in [0, 0.1) is 0 Å². The summed E-state index contributed by atoms with van der Waals surface area (Å²) in [6, 6.07) is 2.64. The minimum Gasteiger partial charge on any atom is -0.496 e. The Kier molecular flexibility index (Phi) is 7.67. The maximum absolute atomic E-state index is 12.0. The fourth-order valence-electron chi connectivity index (χ4n) is 3.81. The molecule has 2 fully saturated rings. The number of rotatable bonds is 8. The summed E-state index contributed by atoms with van der Waals surface area (Å²) >= 11 is 0. The minimum absolute atomic E-state index is 0.0308. The van der Waals surface area contributed by atoms with Crippen LogP contribution in [0.25, 0.3) is 0 Å². The van der Waals surface area contributed by atoms with Crippen LogP contribution in [0.5, 0.6) is 11.5 Å². The molecule has 1 aromatic carbocycles. The van der Waals surface area contributed by atoms with Crippen molar-refractivity contribution in [2.75, 3.05) is 13.7 Å². The summed E-state index contributed by atoms with van der Waals surface area (Å²) < 4.78 is 21.5. The number of aliphatic hydroxyl groups excluding tert-OH is 5. The number of carbonyl (C=O) groups is 2. The van der Waals surface area contributed by atoms with Crippen LogP contribution in [0.3, 0.4) is 0 Å². The number of methoxy groups -OCH3 is 1. The Labute approximate surface area is 193 Å². The number of benzene rings is 1. The number of hydrogen-bond donors (Lipinski definition) is 7. The molecule has 0 bridgehead atoms. The van der Waals surface area contributed by atoms with E-state index in [1.165, 1.54) is 19.2 Å². The zero-order valence-corrected chi connectivity index (χ0v) is 18.4. The van der Waals surface area contributed by atoms with Gasteiger partial charge in [0.25, 0.3) is 0 Å². The Balaban J connectivity index is 2.00. The van der Waals surface area contributed by atoms with Gasteiger partial charge in [-0.1, -0.05) is 0 Å². The first-order valence-corrected chi connectivity index (χ1v) is 10.4. The number of carboxylic acids is 1. The van der Waals surface area contributed by atoms with Crippen molar-refractivity contribution in [3.8, 4) is 11.5 Å². The highest BCUT2D eigenvalue weighted by molar-refractivity contribution is 5.82. The summed E-state index contributed by atoms with van der Waals surface area (Å²) in [7, 11) is 1.27. The molecule has 3 rings (SSSR count). The van der Waals surface area contributed by atoms with E-state index >= 15 is 0 Å². The van der Waals surface area contributed by atoms with E-state index in [-0.39, 0.29) is 35.5 Å². The van der Waals surface area contributed by atoms with Gasteiger partial charge in [0.1, 0.15) is 42.0 Å². The molecule has 2 aliphatic heterocycles. The lowest BCUT2D eigenvalue weighted by atomic mass is 9.92. The predicted octanol–water partition coefficient (Wildman–Crippen LogP) is -2.40. The Morgan fingerprint density at radius 1 is 1.12 bits per heavy atom. The highest BCUT2D eigenvalue weighted by atomic mass is 16.7. The maximum Gasteiger partial charge on any atom is 0.341 e. The largest absolute Gasteiger partial charge is 0.496 e. The molecule has 3 unspecified atom stereocenters. The fraction of sp³-hybridized carbons (Fsp3) is 0.619. The molecular formula is C21H28O13. The monoisotopic (exact) mass is 488 g/mol. The van der Waals surface area contributed by atoms with Crippen molar-refractivity contribution in [3.05, 3.63) is 23.3 Å². The normalized spacial score (nSPS) is 35.6. The van der Waals surface area contributed by atoms with Crippen LogP contribution in [0.4, 0.5) is 0 Å². The standard InChI is InChI=1S/C21H28O13/c1-21(30)18(28)17(34-20(21)29)9-5-8(3-4-13(23)24)10(6-11(9)31-2)32-19-16(27)15(26)14(25)12(7-22)33-19/h5-6,12,14-19,22,25-28,30H,3-4,7H2,1-2H3,(H,23,24)/t12-,14-,15+,16-,17?,18?,19-,21?/m1/s1. The average molecular weight is 488 g/mol. The van der Waals surface area contributed by atoms with Gasteiger partial charge in [-0.25, -0.2) is 4.79 Å². The van der Waals surface area contributed by atoms with E-state index in [4.69, 9.17) is 24.1 Å². The molecule has 0 aliphatic carbocycles. The first kappa shape index (κ1) is 26.1. The molecule has 8 atom stereocenters. The number of aliphatic carboxylic acids is 1. The molecule has 0 amide bonds. The van der Waals surface area contributed by atoms with Crippen molar-refractivity contribution >= 4 is 11.9 Å². The molecule has 13 heteroatoms. The molecular weight excluding hydrogens is 460 g/mol. The maximum atomic E-state index is 12.0. The van der Waals surface area contributed by atoms with Crippen molar-refractivity contribution in [2.24, 2.45) is 0 Å². The second-order valence-corrected chi connectivity index (χ2v) is 8.33. The van der Waals surface area contributed by atoms with E-state index in [0.717, 1.165) is 6.92 Å². The quantitative estimate of drug-likeness (QED) is 0.190. The first-order valence-electron chi connectivity index (χ1n) is 10.4. The first-order chi connectivity index (χ1) is 15.9. The SMILES string of the molecule is COc1cc(O[C@@H]2O[C@H](CO)[C@@H](O)[C@H](O)[C@H]2O)c(CCC(=O)O)cc1C1OC(=O)C(C)(O)C1O. The van der Waals surface area contributed by atoms with Crippen molar-refractivity contribution in [1.29, 1.82) is 0 Å². The summed E-state index contributed by atoms with van der Waals surface area (Å²) in [6.07, 6.45) is -11.2. The van der Waals surface area contributed by atoms with E-state index in [1.54, 1.807) is 0 Å². The molecule has 1 aromatic rings. The number of aliphatic hydroxyl groups is 6. The second-order valence-electron chi connectivity index (χ2n) is 8.33. The molecule has 0 aromatic heterocycles. The van der Waals surface area contributed by atoms with Gasteiger partial charge >= 0.3 is 11.9 Å². The lowest BCUT2D eigenvalue weighted by molar-refractivity contribution is -0.277. The molecule has 0 radical (unpaired) electrons. The smallest absolute Gasteiger partial charge is 0.341 e. The van der Waals surface area contributed by atoms with E-state index < -0.39 is 67.1 Å². The number of carbonyl (C=O) groups excluding carboxylic acids is 1. The van der Waals surface area contributed by atoms with Gasteiger partial charge in [-0.05, 0) is 25.0 Å². The number of carboxylic acid groups (broad SMARTS) is 1. The molecule has 13 nitrogen and oxygen atoms in total. The number of cyclic esters (lactones) is 1. The van der Waals surface area contributed by atoms with Gasteiger partial charge in [-0.3, -0.25) is 4.79 Å². The third kappa shape index (κ3) is 4.81. The Bertz CT molecular complexity index is 914. The van der Waals surface area contributed by atoms with Gasteiger partial charge < -0.3 is 54.7 Å². The Hall–Kier alpha value is -2.52. The molecule has 2 heterocycles. The van der Waals surface area contributed by atoms with Crippen LogP contribution in [0.2, 0.25) is 0 Å². The summed E-state index contributed by atoms with van der Waals surface area (Å²) in [5.41, 5.74) is -1.82. The zero-order valence-electron chi connectivity index (χ0n) is 18.4. The summed E-state index contributed by atoms with van der Waals surface area (Å²) in [6.45, 7) is 0.415. The lowest BCUT2D eigenvalue weighted by Crippen LogP contribution is -2.60. The van der Waals surface area contributed by atoms with Gasteiger partial charge in [0, 0.05) is 18.1 Å². The van der Waals surface area contributed by atoms with Gasteiger partial charge in [0.2, 0.25) is 6.29 Å². The van der Waals surface area contributed by atoms with Crippen molar-refractivity contribution in [3.63, 3.8) is 0 Å². The van der Waals surface area contributed by atoms with E-state index in [2.05, 4.69) is 0 Å². The highest BCUT2D eigenvalue weighted by Gasteiger charge is 2.54. The van der Waals surface area contributed by atoms with Gasteiger partial charge in [0.05, 0.1) is 13.7 Å². The summed E-state index contributed by atoms with van der Waals surface area (Å²) in [5, 5.41) is 69.4. The van der Waals surface area contributed by atoms with Crippen LogP contribution in [0.15, 0.2) is 12.1 Å². The summed E-state index contributed by atoms with van der Waals surface area (Å²) in [5.74, 6) is -2.18. The molecule has 34 heavy (non-hydrogen) atoms. The van der Waals surface area contributed by atoms with Gasteiger partial charge in [-0.15, -0.1) is 0 Å². The third-order valence-corrected chi connectivity index (χ3v) is 5.93. The third-order valence-electron chi connectivity index (χ3n) is 5.93. The highest BCUT2D eigenvalue weighted by Crippen LogP contribution is 2.43. The molecule has 0 spiro atoms. The molecule has 0 saturated carbocycles. The average Bonchev–Trinajstić information content (AvgIpc) is 3.00. The predicted molar refractivity (Wildman–Crippen MR) is 109 cm³/mol. The molecule has 190 valence electrons. The number of ether oxygens (including phenoxy) is 4. The fourth-order valence-corrected chi connectivity index (χ4v) is 3.81. The van der Waals surface area contributed by atoms with Crippen LogP contribution >= 0.6 is 0 Å². The van der Waals surface area contributed by atoms with Crippen LogP contribution in [0.1, 0.15) is 30.6 Å². The number of esters is 1. The number of hydrogen-bond acceptors (Lipinski definition) is 12. The van der Waals surface area contributed by atoms with E-state index in [0.29, 0.717) is 0 Å². The minimum atomic E-state index is -2.18. The summed E-state index contributed by atoms with van der Waals surface area (Å²) in [4.78, 5) is 23.2. The topological polar surface area (TPSA) is 213 Å². The van der Waals surface area contributed by atoms with Gasteiger partial charge in [-0.2, -0.15) is 0 Å². The lowest BCUT2D eigenvalue weighted by Gasteiger charge is -2.39. The van der Waals surface area contributed by atoms with Gasteiger partial charge in [0.15, 0.2) is 11.7 Å². The second kappa shape index (κ2) is 10.00. The Morgan fingerprint density at radius 3 is 2.32 bits per heavy atom. The number of aryl methyl sites for hydroxylation is 1. The van der Waals surface area contributed by atoms with Crippen molar-refractivity contribution < 1.29 is 64.3 Å². The molecule has 2 aliphatic rings. The van der Waals surface area contributed by atoms with Crippen molar-refractivity contribution in [2.45, 2.75) is 68.3 Å². The van der Waals surface area contributed by atoms with Crippen LogP contribution in [-0.4, -0.2) is 104 Å². The van der Waals surface area contributed by atoms with Crippen LogP contribution in [-0.2, 0) is 25.5 Å². The van der Waals surface area contributed by atoms with E-state index in [1.807, 2.05) is 0 Å². The molecule has 2 saturated heterocycles. The zero-order chi connectivity index (χ0) is 25.4.